The van der Waals surface area contributed by atoms with Gasteiger partial charge in [0.2, 0.25) is 0 Å². The summed E-state index contributed by atoms with van der Waals surface area (Å²) in [6.45, 7) is 2.74. The van der Waals surface area contributed by atoms with Gasteiger partial charge in [-0.3, -0.25) is 4.57 Å². The van der Waals surface area contributed by atoms with Gasteiger partial charge in [-0.05, 0) is 19.9 Å². The summed E-state index contributed by atoms with van der Waals surface area (Å²) < 4.78 is 6.60. The van der Waals surface area contributed by atoms with E-state index in [1.807, 2.05) is 6.07 Å². The Morgan fingerprint density at radius 2 is 2.37 bits per heavy atom. The number of aliphatic hydroxyl groups is 2. The van der Waals surface area contributed by atoms with E-state index in [0.717, 1.165) is 4.57 Å². The van der Waals surface area contributed by atoms with Gasteiger partial charge < -0.3 is 14.9 Å². The van der Waals surface area contributed by atoms with E-state index in [9.17, 15) is 15.2 Å². The monoisotopic (exact) mass is 265 g/mol. The van der Waals surface area contributed by atoms with Crippen molar-refractivity contribution in [3.8, 4) is 6.07 Å². The fourth-order valence-corrected chi connectivity index (χ4v) is 2.21. The van der Waals surface area contributed by atoms with Crippen LogP contribution in [0.25, 0.3) is 0 Å². The van der Waals surface area contributed by atoms with Gasteiger partial charge >= 0.3 is 5.69 Å². The Kier molecular flexibility index (Phi) is 3.41. The van der Waals surface area contributed by atoms with Gasteiger partial charge in [0.1, 0.15) is 17.6 Å². The van der Waals surface area contributed by atoms with Gasteiger partial charge in [-0.2, -0.15) is 10.2 Å². The first-order valence-electron chi connectivity index (χ1n) is 5.85. The Hall–Kier alpha value is -1.75. The lowest BCUT2D eigenvalue weighted by atomic mass is 9.84. The third-order valence-electron chi connectivity index (χ3n) is 3.43. The van der Waals surface area contributed by atoms with Gasteiger partial charge in [0.25, 0.3) is 0 Å². The van der Waals surface area contributed by atoms with E-state index < -0.39 is 36.1 Å². The van der Waals surface area contributed by atoms with E-state index in [1.54, 1.807) is 13.0 Å². The smallest absolute Gasteiger partial charge is 0.349 e. The highest BCUT2D eigenvalue weighted by Crippen LogP contribution is 2.44. The molecule has 0 bridgehead atoms. The molecule has 2 N–H and O–H groups in total. The maximum Gasteiger partial charge on any atom is 0.349 e. The molecule has 0 spiro atoms. The van der Waals surface area contributed by atoms with Crippen molar-refractivity contribution in [2.24, 2.45) is 5.41 Å². The molecule has 0 aromatic carbocycles. The van der Waals surface area contributed by atoms with Crippen molar-refractivity contribution in [3.63, 3.8) is 0 Å². The summed E-state index contributed by atoms with van der Waals surface area (Å²) >= 11 is 0. The average Bonchev–Trinajstić information content (AvgIpc) is 2.63. The van der Waals surface area contributed by atoms with Crippen molar-refractivity contribution in [2.45, 2.75) is 32.3 Å². The van der Waals surface area contributed by atoms with Crippen molar-refractivity contribution >= 4 is 0 Å². The normalized spacial score (nSPS) is 34.2. The van der Waals surface area contributed by atoms with Crippen LogP contribution in [-0.2, 0) is 4.74 Å². The SMILES string of the molecule is Cc1ccn(C2O[C@H](CO)[C@@H](O)[C@@]2(C)C#N)c(=O)n1. The molecule has 1 aliphatic heterocycles. The van der Waals surface area contributed by atoms with Gasteiger partial charge in [-0.25, -0.2) is 4.79 Å². The zero-order valence-electron chi connectivity index (χ0n) is 10.6. The Bertz CT molecular complexity index is 579. The molecule has 7 nitrogen and oxygen atoms in total. The van der Waals surface area contributed by atoms with E-state index in [2.05, 4.69) is 4.98 Å². The summed E-state index contributed by atoms with van der Waals surface area (Å²) in [5.41, 5.74) is -1.33. The number of nitriles is 1. The topological polar surface area (TPSA) is 108 Å². The number of aryl methyl sites for hydroxylation is 1. The number of ether oxygens (including phenoxy) is 1. The summed E-state index contributed by atoms with van der Waals surface area (Å²) in [4.78, 5) is 15.6. The first kappa shape index (κ1) is 13.7. The number of nitrogens with zero attached hydrogens (tertiary/aromatic N) is 3. The van der Waals surface area contributed by atoms with Crippen LogP contribution in [0.1, 0.15) is 18.8 Å². The fourth-order valence-electron chi connectivity index (χ4n) is 2.21. The standard InChI is InChI=1S/C12H15N3O4/c1-7-3-4-15(11(18)14-7)10-12(2,6-13)9(17)8(5-16)19-10/h3-4,8-10,16-17H,5H2,1-2H3/t8-,9-,10?,12-/m1/s1. The van der Waals surface area contributed by atoms with Crippen molar-refractivity contribution in [1.29, 1.82) is 5.26 Å². The van der Waals surface area contributed by atoms with Crippen molar-refractivity contribution < 1.29 is 14.9 Å². The van der Waals surface area contributed by atoms with Crippen LogP contribution in [-0.4, -0.2) is 38.6 Å². The Morgan fingerprint density at radius 3 is 2.89 bits per heavy atom. The molecule has 1 aromatic rings. The molecule has 2 rings (SSSR count). The van der Waals surface area contributed by atoms with Crippen LogP contribution >= 0.6 is 0 Å². The third kappa shape index (κ3) is 2.04. The number of hydrogen-bond donors (Lipinski definition) is 2. The largest absolute Gasteiger partial charge is 0.394 e. The highest BCUT2D eigenvalue weighted by atomic mass is 16.5. The predicted octanol–water partition coefficient (Wildman–Crippen LogP) is -0.668. The van der Waals surface area contributed by atoms with E-state index in [-0.39, 0.29) is 0 Å². The molecule has 0 saturated carbocycles. The molecule has 1 fully saturated rings. The first-order valence-corrected chi connectivity index (χ1v) is 5.85. The van der Waals surface area contributed by atoms with Crippen molar-refractivity contribution in [3.05, 3.63) is 28.4 Å². The molecule has 1 aliphatic rings. The Labute approximate surface area is 109 Å². The molecule has 1 unspecified atom stereocenters. The summed E-state index contributed by atoms with van der Waals surface area (Å²) in [6, 6.07) is 3.58. The Balaban J connectivity index is 2.49. The lowest BCUT2D eigenvalue weighted by Crippen LogP contribution is -2.39. The van der Waals surface area contributed by atoms with Crippen LogP contribution in [0, 0.1) is 23.7 Å². The van der Waals surface area contributed by atoms with Gasteiger partial charge in [-0.1, -0.05) is 0 Å². The van der Waals surface area contributed by atoms with E-state index in [0.29, 0.717) is 5.69 Å². The summed E-state index contributed by atoms with van der Waals surface area (Å²) in [5.74, 6) is 0. The van der Waals surface area contributed by atoms with Crippen LogP contribution in [0.5, 0.6) is 0 Å². The summed E-state index contributed by atoms with van der Waals surface area (Å²) in [7, 11) is 0. The van der Waals surface area contributed by atoms with Crippen molar-refractivity contribution in [1.82, 2.24) is 9.55 Å². The maximum atomic E-state index is 11.9. The minimum atomic E-state index is -1.33. The molecule has 19 heavy (non-hydrogen) atoms. The first-order chi connectivity index (χ1) is 8.93. The molecule has 1 saturated heterocycles. The van der Waals surface area contributed by atoms with Crippen LogP contribution in [0.15, 0.2) is 17.1 Å². The fraction of sp³-hybridized carbons (Fsp3) is 0.583. The molecule has 0 aliphatic carbocycles. The quantitative estimate of drug-likeness (QED) is 0.734. The average molecular weight is 265 g/mol. The second-order valence-electron chi connectivity index (χ2n) is 4.81. The zero-order chi connectivity index (χ0) is 14.2. The minimum Gasteiger partial charge on any atom is -0.394 e. The minimum absolute atomic E-state index is 0.428. The van der Waals surface area contributed by atoms with E-state index in [1.165, 1.54) is 13.1 Å². The molecule has 7 heteroatoms. The highest BCUT2D eigenvalue weighted by molar-refractivity contribution is 5.11. The van der Waals surface area contributed by atoms with E-state index in [4.69, 9.17) is 9.84 Å². The molecule has 2 heterocycles. The lowest BCUT2D eigenvalue weighted by molar-refractivity contribution is -0.0503. The Morgan fingerprint density at radius 1 is 1.68 bits per heavy atom. The number of aromatic nitrogens is 2. The number of aliphatic hydroxyl groups excluding tert-OH is 2. The summed E-state index contributed by atoms with van der Waals surface area (Å²) in [5, 5.41) is 28.5. The van der Waals surface area contributed by atoms with Crippen LogP contribution in [0.3, 0.4) is 0 Å². The van der Waals surface area contributed by atoms with Gasteiger partial charge in [0.15, 0.2) is 6.23 Å². The molecule has 4 atom stereocenters. The molecule has 102 valence electrons. The molecular weight excluding hydrogens is 250 g/mol. The second-order valence-corrected chi connectivity index (χ2v) is 4.81. The molecule has 1 aromatic heterocycles. The highest BCUT2D eigenvalue weighted by Gasteiger charge is 2.54. The van der Waals surface area contributed by atoms with Crippen LogP contribution < -0.4 is 5.69 Å². The second kappa shape index (κ2) is 4.74. The molecular formula is C12H15N3O4. The van der Waals surface area contributed by atoms with Gasteiger partial charge in [-0.15, -0.1) is 0 Å². The van der Waals surface area contributed by atoms with Crippen LogP contribution in [0.4, 0.5) is 0 Å². The van der Waals surface area contributed by atoms with Crippen molar-refractivity contribution in [2.75, 3.05) is 6.61 Å². The summed E-state index contributed by atoms with van der Waals surface area (Å²) in [6.07, 6.45) is -1.59. The molecule has 0 radical (unpaired) electrons. The van der Waals surface area contributed by atoms with Gasteiger partial charge in [0, 0.05) is 11.9 Å². The number of hydrogen-bond acceptors (Lipinski definition) is 6. The zero-order valence-corrected chi connectivity index (χ0v) is 10.6. The number of rotatable bonds is 2. The van der Waals surface area contributed by atoms with Crippen LogP contribution in [0.2, 0.25) is 0 Å². The third-order valence-corrected chi connectivity index (χ3v) is 3.43. The van der Waals surface area contributed by atoms with E-state index >= 15 is 0 Å². The maximum absolute atomic E-state index is 11.9. The molecule has 0 amide bonds. The predicted molar refractivity (Wildman–Crippen MR) is 64.0 cm³/mol. The van der Waals surface area contributed by atoms with Gasteiger partial charge in [0.05, 0.1) is 12.7 Å². The lowest BCUT2D eigenvalue weighted by Gasteiger charge is -2.25.